The molecule has 1 aliphatic carbocycles. The van der Waals surface area contributed by atoms with Crippen molar-refractivity contribution < 1.29 is 9.90 Å². The lowest BCUT2D eigenvalue weighted by atomic mass is 9.87. The Hall–Kier alpha value is -1.52. The fourth-order valence-corrected chi connectivity index (χ4v) is 2.30. The van der Waals surface area contributed by atoms with Crippen molar-refractivity contribution in [3.63, 3.8) is 0 Å². The van der Waals surface area contributed by atoms with E-state index in [9.17, 15) is 4.79 Å². The summed E-state index contributed by atoms with van der Waals surface area (Å²) in [5, 5.41) is 13.0. The van der Waals surface area contributed by atoms with Gasteiger partial charge in [0.2, 0.25) is 0 Å². The van der Waals surface area contributed by atoms with Crippen molar-refractivity contribution in [1.29, 1.82) is 0 Å². The molecule has 0 aromatic carbocycles. The highest BCUT2D eigenvalue weighted by molar-refractivity contribution is 5.67. The van der Waals surface area contributed by atoms with Gasteiger partial charge in [-0.1, -0.05) is 19.3 Å². The van der Waals surface area contributed by atoms with Gasteiger partial charge in [0.1, 0.15) is 12.4 Å². The number of anilines is 1. The van der Waals surface area contributed by atoms with Gasteiger partial charge in [0, 0.05) is 12.0 Å². The predicted molar refractivity (Wildman–Crippen MR) is 60.1 cm³/mol. The third-order valence-corrected chi connectivity index (χ3v) is 3.14. The Labute approximate surface area is 94.2 Å². The van der Waals surface area contributed by atoms with Gasteiger partial charge in [-0.15, -0.1) is 0 Å². The van der Waals surface area contributed by atoms with Crippen LogP contribution in [0.2, 0.25) is 0 Å². The Morgan fingerprint density at radius 2 is 2.19 bits per heavy atom. The first kappa shape index (κ1) is 11.0. The van der Waals surface area contributed by atoms with E-state index in [1.807, 2.05) is 6.07 Å². The Balaban J connectivity index is 2.12. The molecule has 5 heteroatoms. The molecular weight excluding hydrogens is 206 g/mol. The van der Waals surface area contributed by atoms with Gasteiger partial charge in [-0.3, -0.25) is 4.79 Å². The van der Waals surface area contributed by atoms with Gasteiger partial charge in [0.15, 0.2) is 0 Å². The normalized spacial score (nSPS) is 17.5. The summed E-state index contributed by atoms with van der Waals surface area (Å²) < 4.78 is 1.37. The van der Waals surface area contributed by atoms with Crippen LogP contribution in [0.15, 0.2) is 6.07 Å². The number of aliphatic carboxylic acids is 1. The van der Waals surface area contributed by atoms with Crippen molar-refractivity contribution in [2.45, 2.75) is 44.6 Å². The van der Waals surface area contributed by atoms with Crippen molar-refractivity contribution in [2.75, 3.05) is 5.73 Å². The number of carboxylic acids is 1. The Kier molecular flexibility index (Phi) is 3.12. The number of nitrogens with two attached hydrogens (primary N) is 1. The van der Waals surface area contributed by atoms with Crippen LogP contribution < -0.4 is 5.73 Å². The molecule has 0 unspecified atom stereocenters. The zero-order chi connectivity index (χ0) is 11.5. The maximum absolute atomic E-state index is 10.6. The molecule has 0 radical (unpaired) electrons. The molecule has 3 N–H and O–H groups in total. The molecule has 0 spiro atoms. The second-order valence-corrected chi connectivity index (χ2v) is 4.38. The largest absolute Gasteiger partial charge is 0.480 e. The topological polar surface area (TPSA) is 81.1 Å². The second-order valence-electron chi connectivity index (χ2n) is 4.38. The van der Waals surface area contributed by atoms with E-state index in [-0.39, 0.29) is 6.54 Å². The summed E-state index contributed by atoms with van der Waals surface area (Å²) in [4.78, 5) is 10.6. The number of carbonyl (C=O) groups is 1. The monoisotopic (exact) mass is 223 g/mol. The van der Waals surface area contributed by atoms with E-state index in [4.69, 9.17) is 10.8 Å². The molecule has 0 saturated heterocycles. The third-order valence-electron chi connectivity index (χ3n) is 3.14. The lowest BCUT2D eigenvalue weighted by molar-refractivity contribution is -0.137. The molecule has 0 bridgehead atoms. The van der Waals surface area contributed by atoms with Crippen LogP contribution in [-0.2, 0) is 11.3 Å². The molecule has 2 rings (SSSR count). The molecule has 1 aliphatic rings. The van der Waals surface area contributed by atoms with Gasteiger partial charge in [-0.05, 0) is 12.8 Å². The van der Waals surface area contributed by atoms with Gasteiger partial charge in [0.05, 0.1) is 5.69 Å². The number of hydrogen-bond acceptors (Lipinski definition) is 3. The van der Waals surface area contributed by atoms with Crippen molar-refractivity contribution in [2.24, 2.45) is 0 Å². The van der Waals surface area contributed by atoms with E-state index in [1.165, 1.54) is 23.9 Å². The zero-order valence-electron chi connectivity index (χ0n) is 9.22. The van der Waals surface area contributed by atoms with Gasteiger partial charge < -0.3 is 10.8 Å². The molecule has 88 valence electrons. The number of nitrogens with zero attached hydrogens (tertiary/aromatic N) is 2. The number of hydrogen-bond donors (Lipinski definition) is 2. The Bertz CT molecular complexity index is 381. The van der Waals surface area contributed by atoms with Crippen LogP contribution in [0.5, 0.6) is 0 Å². The molecular formula is C11H17N3O2. The van der Waals surface area contributed by atoms with Gasteiger partial charge >= 0.3 is 5.97 Å². The number of nitrogen functional groups attached to an aromatic ring is 1. The van der Waals surface area contributed by atoms with Crippen LogP contribution in [-0.4, -0.2) is 20.9 Å². The quantitative estimate of drug-likeness (QED) is 0.815. The summed E-state index contributed by atoms with van der Waals surface area (Å²) in [5.41, 5.74) is 6.69. The molecule has 0 atom stereocenters. The summed E-state index contributed by atoms with van der Waals surface area (Å²) in [6, 6.07) is 1.82. The fourth-order valence-electron chi connectivity index (χ4n) is 2.30. The molecule has 16 heavy (non-hydrogen) atoms. The van der Waals surface area contributed by atoms with Crippen LogP contribution in [0.3, 0.4) is 0 Å². The highest BCUT2D eigenvalue weighted by atomic mass is 16.4. The molecule has 1 heterocycles. The van der Waals surface area contributed by atoms with Crippen LogP contribution in [0.25, 0.3) is 0 Å². The fraction of sp³-hybridized carbons (Fsp3) is 0.636. The maximum atomic E-state index is 10.6. The number of aromatic nitrogens is 2. The second kappa shape index (κ2) is 4.55. The summed E-state index contributed by atoms with van der Waals surface area (Å²) >= 11 is 0. The molecule has 1 saturated carbocycles. The molecule has 5 nitrogen and oxygen atoms in total. The first-order chi connectivity index (χ1) is 7.66. The third kappa shape index (κ3) is 2.35. The Morgan fingerprint density at radius 3 is 2.81 bits per heavy atom. The average Bonchev–Trinajstić information content (AvgIpc) is 2.61. The molecule has 0 aliphatic heterocycles. The zero-order valence-corrected chi connectivity index (χ0v) is 9.22. The summed E-state index contributed by atoms with van der Waals surface area (Å²) in [6.07, 6.45) is 6.04. The minimum absolute atomic E-state index is 0.154. The smallest absolute Gasteiger partial charge is 0.325 e. The molecule has 1 aromatic rings. The first-order valence-corrected chi connectivity index (χ1v) is 5.72. The highest BCUT2D eigenvalue weighted by Crippen LogP contribution is 2.32. The van der Waals surface area contributed by atoms with E-state index < -0.39 is 5.97 Å². The van der Waals surface area contributed by atoms with E-state index >= 15 is 0 Å². The van der Waals surface area contributed by atoms with Crippen LogP contribution in [0, 0.1) is 0 Å². The van der Waals surface area contributed by atoms with Crippen LogP contribution >= 0.6 is 0 Å². The van der Waals surface area contributed by atoms with Crippen molar-refractivity contribution >= 4 is 11.8 Å². The maximum Gasteiger partial charge on any atom is 0.325 e. The van der Waals surface area contributed by atoms with Crippen molar-refractivity contribution in [3.05, 3.63) is 11.8 Å². The van der Waals surface area contributed by atoms with Crippen LogP contribution in [0.4, 0.5) is 5.82 Å². The van der Waals surface area contributed by atoms with E-state index in [0.717, 1.165) is 18.5 Å². The minimum atomic E-state index is -0.912. The highest BCUT2D eigenvalue weighted by Gasteiger charge is 2.19. The summed E-state index contributed by atoms with van der Waals surface area (Å²) in [7, 11) is 0. The lowest BCUT2D eigenvalue weighted by Gasteiger charge is -2.19. The summed E-state index contributed by atoms with van der Waals surface area (Å²) in [5.74, 6) is -0.000868. The Morgan fingerprint density at radius 1 is 1.50 bits per heavy atom. The minimum Gasteiger partial charge on any atom is -0.480 e. The average molecular weight is 223 g/mol. The summed E-state index contributed by atoms with van der Waals surface area (Å²) in [6.45, 7) is -0.154. The lowest BCUT2D eigenvalue weighted by Crippen LogP contribution is -2.13. The van der Waals surface area contributed by atoms with E-state index in [2.05, 4.69) is 5.10 Å². The SMILES string of the molecule is Nc1cc(C2CCCCC2)nn1CC(=O)O. The van der Waals surface area contributed by atoms with Crippen molar-refractivity contribution in [3.8, 4) is 0 Å². The van der Waals surface area contributed by atoms with Crippen molar-refractivity contribution in [1.82, 2.24) is 9.78 Å². The number of carboxylic acid groups (broad SMARTS) is 1. The van der Waals surface area contributed by atoms with E-state index in [0.29, 0.717) is 11.7 Å². The predicted octanol–water partition coefficient (Wildman–Crippen LogP) is 1.60. The van der Waals surface area contributed by atoms with Gasteiger partial charge in [-0.2, -0.15) is 5.10 Å². The van der Waals surface area contributed by atoms with Gasteiger partial charge in [-0.25, -0.2) is 4.68 Å². The standard InChI is InChI=1S/C11H17N3O2/c12-10-6-9(8-4-2-1-3-5-8)13-14(10)7-11(15)16/h6,8H,1-5,7,12H2,(H,15,16). The first-order valence-electron chi connectivity index (χ1n) is 5.72. The molecule has 1 aromatic heterocycles. The molecule has 0 amide bonds. The molecule has 1 fully saturated rings. The number of rotatable bonds is 3. The van der Waals surface area contributed by atoms with Crippen LogP contribution in [0.1, 0.15) is 43.7 Å². The van der Waals surface area contributed by atoms with Gasteiger partial charge in [0.25, 0.3) is 0 Å². The van der Waals surface area contributed by atoms with E-state index in [1.54, 1.807) is 0 Å².